The molecule has 0 saturated heterocycles. The molecule has 0 aliphatic carbocycles. The number of benzene rings is 2. The number of carbonyl (C=O) groups is 1. The summed E-state index contributed by atoms with van der Waals surface area (Å²) in [6.45, 7) is 6.26. The number of hydrogen-bond donors (Lipinski definition) is 1. The Bertz CT molecular complexity index is 1030. The van der Waals surface area contributed by atoms with Gasteiger partial charge in [-0.3, -0.25) is 4.79 Å². The lowest BCUT2D eigenvalue weighted by Gasteiger charge is -2.20. The highest BCUT2D eigenvalue weighted by Crippen LogP contribution is 2.33. The van der Waals surface area contributed by atoms with Crippen molar-refractivity contribution in [3.63, 3.8) is 0 Å². The Hall–Kier alpha value is -2.27. The van der Waals surface area contributed by atoms with E-state index in [-0.39, 0.29) is 16.4 Å². The second kappa shape index (κ2) is 5.67. The van der Waals surface area contributed by atoms with Crippen LogP contribution in [0.15, 0.2) is 44.4 Å². The van der Waals surface area contributed by atoms with Gasteiger partial charge in [-0.05, 0) is 47.6 Å². The van der Waals surface area contributed by atoms with Crippen molar-refractivity contribution in [1.29, 1.82) is 0 Å². The third-order valence-electron chi connectivity index (χ3n) is 4.07. The average Bonchev–Trinajstić information content (AvgIpc) is 2.53. The van der Waals surface area contributed by atoms with Crippen LogP contribution in [-0.2, 0) is 5.41 Å². The molecule has 0 saturated carbocycles. The minimum atomic E-state index is -1.07. The first-order valence-electron chi connectivity index (χ1n) is 7.55. The standard InChI is InChI=1S/C19H18O4S/c1-19(2,3)11-8-13-16(20)12-7-10(18(21)22)5-6-14(12)23-17(13)15(9-11)24-4/h5-9H,1-4H3,(H,21,22). The van der Waals surface area contributed by atoms with E-state index >= 15 is 0 Å². The Morgan fingerprint density at radius 1 is 1.12 bits per heavy atom. The maximum Gasteiger partial charge on any atom is 0.335 e. The minimum absolute atomic E-state index is 0.0752. The van der Waals surface area contributed by atoms with Gasteiger partial charge in [0.05, 0.1) is 21.2 Å². The monoisotopic (exact) mass is 342 g/mol. The highest BCUT2D eigenvalue weighted by Gasteiger charge is 2.19. The van der Waals surface area contributed by atoms with Crippen LogP contribution in [0.5, 0.6) is 0 Å². The molecule has 24 heavy (non-hydrogen) atoms. The SMILES string of the molecule is CSc1cc(C(C)(C)C)cc2c(=O)c3cc(C(=O)O)ccc3oc12. The molecule has 124 valence electrons. The summed E-state index contributed by atoms with van der Waals surface area (Å²) in [7, 11) is 0. The number of carboxylic acids is 1. The van der Waals surface area contributed by atoms with Crippen LogP contribution in [0.1, 0.15) is 36.7 Å². The number of thioether (sulfide) groups is 1. The smallest absolute Gasteiger partial charge is 0.335 e. The van der Waals surface area contributed by atoms with E-state index in [1.807, 2.05) is 18.4 Å². The molecule has 0 radical (unpaired) electrons. The summed E-state index contributed by atoms with van der Waals surface area (Å²) in [6.07, 6.45) is 1.94. The van der Waals surface area contributed by atoms with E-state index in [2.05, 4.69) is 20.8 Å². The highest BCUT2D eigenvalue weighted by molar-refractivity contribution is 7.98. The van der Waals surface area contributed by atoms with Crippen LogP contribution in [0.4, 0.5) is 0 Å². The predicted molar refractivity (Wildman–Crippen MR) is 97.4 cm³/mol. The van der Waals surface area contributed by atoms with Crippen molar-refractivity contribution >= 4 is 39.7 Å². The molecule has 0 fully saturated rings. The first-order chi connectivity index (χ1) is 11.2. The molecule has 0 aliphatic heterocycles. The third kappa shape index (κ3) is 2.69. The van der Waals surface area contributed by atoms with Crippen LogP contribution in [0.25, 0.3) is 21.9 Å². The van der Waals surface area contributed by atoms with E-state index in [9.17, 15) is 9.59 Å². The fourth-order valence-electron chi connectivity index (χ4n) is 2.65. The molecular weight excluding hydrogens is 324 g/mol. The van der Waals surface area contributed by atoms with E-state index in [1.165, 1.54) is 23.9 Å². The second-order valence-corrected chi connectivity index (χ2v) is 7.60. The number of aromatic carboxylic acids is 1. The van der Waals surface area contributed by atoms with E-state index in [0.717, 1.165) is 10.5 Å². The summed E-state index contributed by atoms with van der Waals surface area (Å²) in [5.74, 6) is -1.07. The first kappa shape index (κ1) is 16.6. The number of fused-ring (bicyclic) bond motifs is 2. The zero-order valence-corrected chi connectivity index (χ0v) is 14.8. The summed E-state index contributed by atoms with van der Waals surface area (Å²) < 4.78 is 5.94. The Balaban J connectivity index is 2.46. The quantitative estimate of drug-likeness (QED) is 0.542. The van der Waals surface area contributed by atoms with Crippen molar-refractivity contribution in [3.05, 3.63) is 51.7 Å². The molecule has 4 nitrogen and oxygen atoms in total. The predicted octanol–water partition coefficient (Wildman–Crippen LogP) is 4.66. The summed E-state index contributed by atoms with van der Waals surface area (Å²) in [5.41, 5.74) is 1.76. The van der Waals surface area contributed by atoms with Gasteiger partial charge in [0.15, 0.2) is 5.58 Å². The zero-order valence-electron chi connectivity index (χ0n) is 14.0. The lowest BCUT2D eigenvalue weighted by atomic mass is 9.86. The molecule has 0 bridgehead atoms. The Morgan fingerprint density at radius 3 is 2.42 bits per heavy atom. The van der Waals surface area contributed by atoms with Gasteiger partial charge in [0.1, 0.15) is 5.58 Å². The second-order valence-electron chi connectivity index (χ2n) is 6.75. The van der Waals surface area contributed by atoms with Crippen molar-refractivity contribution < 1.29 is 14.3 Å². The molecule has 3 rings (SSSR count). The molecule has 5 heteroatoms. The molecule has 0 unspecified atom stereocenters. The van der Waals surface area contributed by atoms with Crippen molar-refractivity contribution in [2.75, 3.05) is 6.26 Å². The topological polar surface area (TPSA) is 67.5 Å². The molecule has 1 aromatic heterocycles. The Kier molecular flexibility index (Phi) is 3.92. The normalized spacial score (nSPS) is 12.0. The van der Waals surface area contributed by atoms with Gasteiger partial charge in [0, 0.05) is 0 Å². The van der Waals surface area contributed by atoms with Gasteiger partial charge < -0.3 is 9.52 Å². The Morgan fingerprint density at radius 2 is 1.83 bits per heavy atom. The van der Waals surface area contributed by atoms with Crippen molar-refractivity contribution in [3.8, 4) is 0 Å². The van der Waals surface area contributed by atoms with Crippen LogP contribution in [0.2, 0.25) is 0 Å². The van der Waals surface area contributed by atoms with Crippen molar-refractivity contribution in [1.82, 2.24) is 0 Å². The lowest BCUT2D eigenvalue weighted by Crippen LogP contribution is -2.13. The van der Waals surface area contributed by atoms with E-state index in [1.54, 1.807) is 6.07 Å². The first-order valence-corrected chi connectivity index (χ1v) is 8.77. The van der Waals surface area contributed by atoms with E-state index < -0.39 is 5.97 Å². The molecular formula is C19H18O4S. The van der Waals surface area contributed by atoms with Gasteiger partial charge in [-0.1, -0.05) is 20.8 Å². The van der Waals surface area contributed by atoms with Gasteiger partial charge >= 0.3 is 5.97 Å². The van der Waals surface area contributed by atoms with Gasteiger partial charge in [0.25, 0.3) is 0 Å². The fourth-order valence-corrected chi connectivity index (χ4v) is 3.23. The van der Waals surface area contributed by atoms with Crippen LogP contribution in [0, 0.1) is 0 Å². The van der Waals surface area contributed by atoms with Gasteiger partial charge in [-0.2, -0.15) is 0 Å². The highest BCUT2D eigenvalue weighted by atomic mass is 32.2. The Labute approximate surface area is 143 Å². The maximum absolute atomic E-state index is 12.9. The molecule has 3 aromatic rings. The van der Waals surface area contributed by atoms with Crippen LogP contribution < -0.4 is 5.43 Å². The van der Waals surface area contributed by atoms with Gasteiger partial charge in [-0.25, -0.2) is 4.79 Å². The van der Waals surface area contributed by atoms with Crippen LogP contribution in [-0.4, -0.2) is 17.3 Å². The number of rotatable bonds is 2. The summed E-state index contributed by atoms with van der Waals surface area (Å²) >= 11 is 1.53. The number of hydrogen-bond acceptors (Lipinski definition) is 4. The largest absolute Gasteiger partial charge is 0.478 e. The zero-order chi connectivity index (χ0) is 17.6. The van der Waals surface area contributed by atoms with Crippen LogP contribution >= 0.6 is 11.8 Å². The molecule has 0 spiro atoms. The minimum Gasteiger partial charge on any atom is -0.478 e. The molecule has 0 amide bonds. The molecule has 0 atom stereocenters. The molecule has 1 N–H and O–H groups in total. The van der Waals surface area contributed by atoms with Crippen LogP contribution in [0.3, 0.4) is 0 Å². The summed E-state index contributed by atoms with van der Waals surface area (Å²) in [4.78, 5) is 25.0. The maximum atomic E-state index is 12.9. The van der Waals surface area contributed by atoms with Crippen molar-refractivity contribution in [2.24, 2.45) is 0 Å². The molecule has 2 aromatic carbocycles. The van der Waals surface area contributed by atoms with E-state index in [0.29, 0.717) is 21.9 Å². The third-order valence-corrected chi connectivity index (χ3v) is 4.81. The average molecular weight is 342 g/mol. The lowest BCUT2D eigenvalue weighted by molar-refractivity contribution is 0.0697. The van der Waals surface area contributed by atoms with Crippen molar-refractivity contribution in [2.45, 2.75) is 31.1 Å². The number of carboxylic acid groups (broad SMARTS) is 1. The fraction of sp³-hybridized carbons (Fsp3) is 0.263. The van der Waals surface area contributed by atoms with E-state index in [4.69, 9.17) is 9.52 Å². The summed E-state index contributed by atoms with van der Waals surface area (Å²) in [5, 5.41) is 9.93. The molecule has 1 heterocycles. The molecule has 0 aliphatic rings. The van der Waals surface area contributed by atoms with Gasteiger partial charge in [-0.15, -0.1) is 11.8 Å². The summed E-state index contributed by atoms with van der Waals surface area (Å²) in [6, 6.07) is 8.27. The van der Waals surface area contributed by atoms with Gasteiger partial charge in [0.2, 0.25) is 5.43 Å².